The van der Waals surface area contributed by atoms with Gasteiger partial charge in [0.05, 0.1) is 4.92 Å². The molecule has 3 N–H and O–H groups in total. The minimum Gasteiger partial charge on any atom is -0.409 e. The number of nitrogen functional groups attached to an aromatic ring is 1. The second-order valence-electron chi connectivity index (χ2n) is 5.17. The number of nitro groups is 1. The highest BCUT2D eigenvalue weighted by Gasteiger charge is 2.25. The number of aromatic nitrogens is 2. The van der Waals surface area contributed by atoms with E-state index in [0.717, 1.165) is 5.69 Å². The Morgan fingerprint density at radius 2 is 1.92 bits per heavy atom. The number of oxime groups is 1. The summed E-state index contributed by atoms with van der Waals surface area (Å²) in [4.78, 5) is 14.2. The van der Waals surface area contributed by atoms with Crippen LogP contribution in [0.15, 0.2) is 34.1 Å². The fourth-order valence-corrected chi connectivity index (χ4v) is 2.57. The van der Waals surface area contributed by atoms with E-state index >= 15 is 0 Å². The quantitative estimate of drug-likeness (QED) is 0.269. The fourth-order valence-electron chi connectivity index (χ4n) is 2.57. The Morgan fingerprint density at radius 1 is 1.25 bits per heavy atom. The standard InChI is InChI=1S/C13H15N7O4/c14-12-11(16-24-17-12)13(15-21)19-7-5-18(6-8-19)9-1-3-10(4-2-9)20(22)23/h1-4,21H,5-8H2,(H2,14,17)/b15-13-. The first-order chi connectivity index (χ1) is 11.6. The van der Waals surface area contributed by atoms with Crippen LogP contribution in [0.25, 0.3) is 0 Å². The summed E-state index contributed by atoms with van der Waals surface area (Å²) >= 11 is 0. The molecular weight excluding hydrogens is 318 g/mol. The number of anilines is 2. The van der Waals surface area contributed by atoms with Gasteiger partial charge in [0, 0.05) is 44.0 Å². The normalized spacial score (nSPS) is 15.6. The maximum Gasteiger partial charge on any atom is 0.269 e. The van der Waals surface area contributed by atoms with Crippen molar-refractivity contribution in [2.24, 2.45) is 5.16 Å². The van der Waals surface area contributed by atoms with Crippen molar-refractivity contribution in [1.82, 2.24) is 15.2 Å². The summed E-state index contributed by atoms with van der Waals surface area (Å²) in [6, 6.07) is 6.39. The SMILES string of the molecule is Nc1nonc1/C(=N/O)N1CCN(c2ccc([N+](=O)[O-])cc2)CC1. The Morgan fingerprint density at radius 3 is 2.42 bits per heavy atom. The molecule has 1 fully saturated rings. The third-order valence-corrected chi connectivity index (χ3v) is 3.83. The van der Waals surface area contributed by atoms with Crippen molar-refractivity contribution >= 4 is 23.0 Å². The lowest BCUT2D eigenvalue weighted by Crippen LogP contribution is -2.49. The minimum absolute atomic E-state index is 0.0561. The number of hydrogen-bond donors (Lipinski definition) is 2. The topological polar surface area (TPSA) is 147 Å². The molecule has 0 unspecified atom stereocenters. The van der Waals surface area contributed by atoms with Gasteiger partial charge in [-0.25, -0.2) is 4.63 Å². The molecule has 2 aromatic rings. The van der Waals surface area contributed by atoms with Gasteiger partial charge in [-0.2, -0.15) is 0 Å². The van der Waals surface area contributed by atoms with E-state index in [1.165, 1.54) is 12.1 Å². The summed E-state index contributed by atoms with van der Waals surface area (Å²) in [5.41, 5.74) is 6.78. The second kappa shape index (κ2) is 6.40. The molecule has 0 atom stereocenters. The van der Waals surface area contributed by atoms with E-state index in [1.807, 2.05) is 4.90 Å². The lowest BCUT2D eigenvalue weighted by Gasteiger charge is -2.36. The summed E-state index contributed by atoms with van der Waals surface area (Å²) in [5, 5.41) is 30.3. The van der Waals surface area contributed by atoms with Gasteiger partial charge in [0.1, 0.15) is 0 Å². The monoisotopic (exact) mass is 333 g/mol. The molecule has 0 aliphatic carbocycles. The van der Waals surface area contributed by atoms with Gasteiger partial charge >= 0.3 is 0 Å². The van der Waals surface area contributed by atoms with Crippen molar-refractivity contribution in [3.8, 4) is 0 Å². The van der Waals surface area contributed by atoms with Gasteiger partial charge in [-0.05, 0) is 22.4 Å². The number of hydrogen-bond acceptors (Lipinski definition) is 9. The van der Waals surface area contributed by atoms with Gasteiger partial charge in [0.2, 0.25) is 5.84 Å². The summed E-state index contributed by atoms with van der Waals surface area (Å²) in [7, 11) is 0. The highest BCUT2D eigenvalue weighted by molar-refractivity contribution is 6.00. The van der Waals surface area contributed by atoms with Crippen LogP contribution in [0, 0.1) is 10.1 Å². The molecule has 0 amide bonds. The van der Waals surface area contributed by atoms with E-state index < -0.39 is 4.92 Å². The molecule has 3 rings (SSSR count). The molecule has 1 aromatic carbocycles. The zero-order valence-corrected chi connectivity index (χ0v) is 12.6. The Labute approximate surface area is 136 Å². The maximum atomic E-state index is 10.7. The van der Waals surface area contributed by atoms with Crippen molar-refractivity contribution in [3.05, 3.63) is 40.1 Å². The zero-order valence-electron chi connectivity index (χ0n) is 12.6. The molecule has 0 saturated carbocycles. The summed E-state index contributed by atoms with van der Waals surface area (Å²) < 4.78 is 4.53. The van der Waals surface area contributed by atoms with Crippen LogP contribution in [0.1, 0.15) is 5.69 Å². The number of rotatable bonds is 3. The zero-order chi connectivity index (χ0) is 17.1. The van der Waals surface area contributed by atoms with Crippen LogP contribution in [-0.4, -0.2) is 57.4 Å². The van der Waals surface area contributed by atoms with Crippen LogP contribution in [0.3, 0.4) is 0 Å². The Balaban J connectivity index is 1.67. The average Bonchev–Trinajstić information content (AvgIpc) is 3.02. The molecule has 1 aliphatic heterocycles. The van der Waals surface area contributed by atoms with Crippen molar-refractivity contribution < 1.29 is 14.8 Å². The van der Waals surface area contributed by atoms with Crippen molar-refractivity contribution in [1.29, 1.82) is 0 Å². The van der Waals surface area contributed by atoms with Gasteiger partial charge in [-0.15, -0.1) is 0 Å². The lowest BCUT2D eigenvalue weighted by atomic mass is 10.2. The summed E-state index contributed by atoms with van der Waals surface area (Å²) in [6.45, 7) is 2.40. The number of benzene rings is 1. The Hall–Kier alpha value is -3.37. The number of non-ortho nitro benzene ring substituents is 1. The molecule has 11 nitrogen and oxygen atoms in total. The fraction of sp³-hybridized carbons (Fsp3) is 0.308. The highest BCUT2D eigenvalue weighted by atomic mass is 16.6. The third-order valence-electron chi connectivity index (χ3n) is 3.83. The number of nitrogens with zero attached hydrogens (tertiary/aromatic N) is 6. The van der Waals surface area contributed by atoms with Crippen molar-refractivity contribution in [2.45, 2.75) is 0 Å². The van der Waals surface area contributed by atoms with Crippen molar-refractivity contribution in [3.63, 3.8) is 0 Å². The Kier molecular flexibility index (Phi) is 4.14. The molecule has 0 radical (unpaired) electrons. The van der Waals surface area contributed by atoms with Gasteiger partial charge in [-0.1, -0.05) is 5.16 Å². The van der Waals surface area contributed by atoms with Crippen molar-refractivity contribution in [2.75, 3.05) is 36.8 Å². The number of amidine groups is 1. The summed E-state index contributed by atoms with van der Waals surface area (Å²) in [6.07, 6.45) is 0. The molecule has 0 bridgehead atoms. The Bertz CT molecular complexity index is 750. The van der Waals surface area contributed by atoms with E-state index in [4.69, 9.17) is 5.73 Å². The molecule has 1 aliphatic rings. The second-order valence-corrected chi connectivity index (χ2v) is 5.17. The van der Waals surface area contributed by atoms with E-state index in [0.29, 0.717) is 26.2 Å². The smallest absolute Gasteiger partial charge is 0.269 e. The molecule has 1 saturated heterocycles. The average molecular weight is 333 g/mol. The molecule has 2 heterocycles. The van der Waals surface area contributed by atoms with Gasteiger partial charge < -0.3 is 20.7 Å². The molecule has 0 spiro atoms. The van der Waals surface area contributed by atoms with Crippen LogP contribution in [0.2, 0.25) is 0 Å². The predicted molar refractivity (Wildman–Crippen MR) is 83.9 cm³/mol. The van der Waals surface area contributed by atoms with E-state index in [1.54, 1.807) is 12.1 Å². The van der Waals surface area contributed by atoms with Crippen LogP contribution >= 0.6 is 0 Å². The van der Waals surface area contributed by atoms with E-state index in [9.17, 15) is 15.3 Å². The van der Waals surface area contributed by atoms with Crippen LogP contribution in [-0.2, 0) is 0 Å². The molecule has 126 valence electrons. The number of piperazine rings is 1. The molecule has 1 aromatic heterocycles. The first-order valence-electron chi connectivity index (χ1n) is 7.15. The van der Waals surface area contributed by atoms with Crippen LogP contribution in [0.4, 0.5) is 17.2 Å². The molecule has 24 heavy (non-hydrogen) atoms. The maximum absolute atomic E-state index is 10.7. The first kappa shape index (κ1) is 15.5. The van der Waals surface area contributed by atoms with E-state index in [-0.39, 0.29) is 23.0 Å². The number of nitro benzene ring substituents is 1. The van der Waals surface area contributed by atoms with Gasteiger partial charge in [-0.3, -0.25) is 10.1 Å². The molecular formula is C13H15N7O4. The van der Waals surface area contributed by atoms with Crippen LogP contribution in [0.5, 0.6) is 0 Å². The minimum atomic E-state index is -0.429. The first-order valence-corrected chi connectivity index (χ1v) is 7.15. The largest absolute Gasteiger partial charge is 0.409 e. The van der Waals surface area contributed by atoms with Gasteiger partial charge in [0.15, 0.2) is 11.5 Å². The van der Waals surface area contributed by atoms with E-state index in [2.05, 4.69) is 25.0 Å². The summed E-state index contributed by atoms with van der Waals surface area (Å²) in [5.74, 6) is 0.262. The predicted octanol–water partition coefficient (Wildman–Crippen LogP) is 0.518. The third kappa shape index (κ3) is 2.91. The number of nitrogens with two attached hydrogens (primary N) is 1. The van der Waals surface area contributed by atoms with Gasteiger partial charge in [0.25, 0.3) is 5.69 Å². The molecule has 11 heteroatoms. The lowest BCUT2D eigenvalue weighted by molar-refractivity contribution is -0.384. The highest BCUT2D eigenvalue weighted by Crippen LogP contribution is 2.21. The van der Waals surface area contributed by atoms with Crippen LogP contribution < -0.4 is 10.6 Å².